The maximum Gasteiger partial charge on any atom is 0.160 e. The highest BCUT2D eigenvalue weighted by atomic mass is 16.7. The maximum absolute atomic E-state index is 5.96. The van der Waals surface area contributed by atoms with Crippen molar-refractivity contribution in [3.05, 3.63) is 0 Å². The Kier molecular flexibility index (Phi) is 5.97. The lowest BCUT2D eigenvalue weighted by molar-refractivity contribution is -0.230. The molecule has 1 saturated heterocycles. The van der Waals surface area contributed by atoms with E-state index in [9.17, 15) is 0 Å². The molecule has 2 fully saturated rings. The van der Waals surface area contributed by atoms with Crippen LogP contribution in [0.2, 0.25) is 0 Å². The van der Waals surface area contributed by atoms with Gasteiger partial charge >= 0.3 is 0 Å². The van der Waals surface area contributed by atoms with Gasteiger partial charge in [0.05, 0.1) is 13.2 Å². The van der Waals surface area contributed by atoms with E-state index in [-0.39, 0.29) is 6.29 Å². The zero-order chi connectivity index (χ0) is 12.8. The number of rotatable bonds is 5. The summed E-state index contributed by atoms with van der Waals surface area (Å²) in [5, 5.41) is 0. The number of ether oxygens (including phenoxy) is 2. The van der Waals surface area contributed by atoms with Crippen molar-refractivity contribution in [1.82, 2.24) is 0 Å². The van der Waals surface area contributed by atoms with Gasteiger partial charge in [-0.1, -0.05) is 33.1 Å². The van der Waals surface area contributed by atoms with Crippen molar-refractivity contribution >= 4 is 0 Å². The van der Waals surface area contributed by atoms with Crippen molar-refractivity contribution in [3.8, 4) is 0 Å². The van der Waals surface area contributed by atoms with Crippen molar-refractivity contribution in [2.45, 2.75) is 71.5 Å². The molecule has 1 saturated carbocycles. The first-order valence-corrected chi connectivity index (χ1v) is 8.06. The van der Waals surface area contributed by atoms with Crippen LogP contribution in [0.1, 0.15) is 65.2 Å². The summed E-state index contributed by atoms with van der Waals surface area (Å²) in [6.45, 7) is 6.38. The average Bonchev–Trinajstić information content (AvgIpc) is 2.41. The standard InChI is InChI=1S/C16H30O2/c1-3-5-13-7-9-15(10-8-13)16-17-11-14(6-4-2)12-18-16/h13-16H,3-12H2,1-2H3/t13-,14-,15-,16-. The third-order valence-electron chi connectivity index (χ3n) is 4.66. The third-order valence-corrected chi connectivity index (χ3v) is 4.66. The van der Waals surface area contributed by atoms with E-state index in [1.54, 1.807) is 0 Å². The quantitative estimate of drug-likeness (QED) is 0.724. The molecule has 1 aliphatic carbocycles. The maximum atomic E-state index is 5.96. The van der Waals surface area contributed by atoms with Crippen LogP contribution in [0.25, 0.3) is 0 Å². The first-order valence-electron chi connectivity index (χ1n) is 8.06. The van der Waals surface area contributed by atoms with E-state index in [1.807, 2.05) is 0 Å². The van der Waals surface area contributed by atoms with Gasteiger partial charge in [-0.25, -0.2) is 0 Å². The van der Waals surface area contributed by atoms with Crippen LogP contribution < -0.4 is 0 Å². The Morgan fingerprint density at radius 2 is 1.33 bits per heavy atom. The van der Waals surface area contributed by atoms with Crippen LogP contribution in [0.4, 0.5) is 0 Å². The molecule has 0 aromatic carbocycles. The van der Waals surface area contributed by atoms with Crippen molar-refractivity contribution in [1.29, 1.82) is 0 Å². The van der Waals surface area contributed by atoms with Crippen molar-refractivity contribution in [2.24, 2.45) is 17.8 Å². The van der Waals surface area contributed by atoms with E-state index in [2.05, 4.69) is 13.8 Å². The van der Waals surface area contributed by atoms with Crippen LogP contribution in [-0.2, 0) is 9.47 Å². The zero-order valence-corrected chi connectivity index (χ0v) is 12.2. The molecule has 0 unspecified atom stereocenters. The topological polar surface area (TPSA) is 18.5 Å². The highest BCUT2D eigenvalue weighted by Gasteiger charge is 2.31. The fraction of sp³-hybridized carbons (Fsp3) is 1.00. The molecule has 0 atom stereocenters. The molecular weight excluding hydrogens is 224 g/mol. The van der Waals surface area contributed by atoms with Crippen LogP contribution in [0.3, 0.4) is 0 Å². The largest absolute Gasteiger partial charge is 0.352 e. The molecule has 0 N–H and O–H groups in total. The minimum atomic E-state index is 0.112. The fourth-order valence-electron chi connectivity index (χ4n) is 3.56. The molecule has 2 rings (SSSR count). The number of hydrogen-bond donors (Lipinski definition) is 0. The highest BCUT2D eigenvalue weighted by Crippen LogP contribution is 2.35. The predicted molar refractivity (Wildman–Crippen MR) is 74.4 cm³/mol. The Morgan fingerprint density at radius 3 is 1.89 bits per heavy atom. The van der Waals surface area contributed by atoms with Crippen LogP contribution >= 0.6 is 0 Å². The first-order chi connectivity index (χ1) is 8.83. The second-order valence-electron chi connectivity index (χ2n) is 6.26. The van der Waals surface area contributed by atoms with E-state index in [4.69, 9.17) is 9.47 Å². The van der Waals surface area contributed by atoms with Crippen LogP contribution in [0.15, 0.2) is 0 Å². The van der Waals surface area contributed by atoms with Crippen molar-refractivity contribution in [3.63, 3.8) is 0 Å². The molecule has 2 heteroatoms. The molecular formula is C16H30O2. The summed E-state index contributed by atoms with van der Waals surface area (Å²) >= 11 is 0. The number of hydrogen-bond acceptors (Lipinski definition) is 2. The third kappa shape index (κ3) is 3.96. The molecule has 1 aliphatic heterocycles. The summed E-state index contributed by atoms with van der Waals surface area (Å²) in [4.78, 5) is 0. The second kappa shape index (κ2) is 7.49. The van der Waals surface area contributed by atoms with E-state index in [0.29, 0.717) is 11.8 Å². The summed E-state index contributed by atoms with van der Waals surface area (Å²) in [6, 6.07) is 0. The Labute approximate surface area is 112 Å². The van der Waals surface area contributed by atoms with E-state index >= 15 is 0 Å². The molecule has 106 valence electrons. The fourth-order valence-corrected chi connectivity index (χ4v) is 3.56. The van der Waals surface area contributed by atoms with E-state index < -0.39 is 0 Å². The average molecular weight is 254 g/mol. The van der Waals surface area contributed by atoms with Crippen LogP contribution in [0.5, 0.6) is 0 Å². The van der Waals surface area contributed by atoms with Crippen LogP contribution in [-0.4, -0.2) is 19.5 Å². The minimum absolute atomic E-state index is 0.112. The first kappa shape index (κ1) is 14.3. The molecule has 1 heterocycles. The zero-order valence-electron chi connectivity index (χ0n) is 12.2. The minimum Gasteiger partial charge on any atom is -0.352 e. The van der Waals surface area contributed by atoms with Gasteiger partial charge in [0.2, 0.25) is 0 Å². The van der Waals surface area contributed by atoms with Gasteiger partial charge in [0.25, 0.3) is 0 Å². The highest BCUT2D eigenvalue weighted by molar-refractivity contribution is 4.76. The Hall–Kier alpha value is -0.0800. The Morgan fingerprint density at radius 1 is 0.778 bits per heavy atom. The lowest BCUT2D eigenvalue weighted by Crippen LogP contribution is -2.38. The molecule has 0 radical (unpaired) electrons. The Bertz CT molecular complexity index is 189. The molecule has 2 aliphatic rings. The van der Waals surface area contributed by atoms with E-state index in [0.717, 1.165) is 19.1 Å². The molecule has 0 bridgehead atoms. The van der Waals surface area contributed by atoms with Crippen LogP contribution in [0, 0.1) is 17.8 Å². The smallest absolute Gasteiger partial charge is 0.160 e. The molecule has 0 amide bonds. The molecule has 0 aromatic heterocycles. The normalized spacial score (nSPS) is 37.7. The molecule has 0 spiro atoms. The van der Waals surface area contributed by atoms with Gasteiger partial charge < -0.3 is 9.47 Å². The van der Waals surface area contributed by atoms with Gasteiger partial charge in [-0.3, -0.25) is 0 Å². The monoisotopic (exact) mass is 254 g/mol. The summed E-state index contributed by atoms with van der Waals surface area (Å²) in [6.07, 6.45) is 10.8. The molecule has 0 aromatic rings. The van der Waals surface area contributed by atoms with Gasteiger partial charge in [-0.05, 0) is 38.0 Å². The SMILES string of the molecule is CCC[C@H]1CC[C@H]([C@H]2OC[C@H](CCC)CO2)CC1. The van der Waals surface area contributed by atoms with Gasteiger partial charge in [0.15, 0.2) is 6.29 Å². The predicted octanol–water partition coefficient (Wildman–Crippen LogP) is 4.38. The molecule has 18 heavy (non-hydrogen) atoms. The lowest BCUT2D eigenvalue weighted by Gasteiger charge is -2.37. The van der Waals surface area contributed by atoms with Gasteiger partial charge in [-0.15, -0.1) is 0 Å². The second-order valence-corrected chi connectivity index (χ2v) is 6.26. The molecule has 2 nitrogen and oxygen atoms in total. The van der Waals surface area contributed by atoms with Gasteiger partial charge in [-0.2, -0.15) is 0 Å². The van der Waals surface area contributed by atoms with Gasteiger partial charge in [0, 0.05) is 11.8 Å². The summed E-state index contributed by atoms with van der Waals surface area (Å²) in [5.74, 6) is 2.28. The van der Waals surface area contributed by atoms with Crippen molar-refractivity contribution in [2.75, 3.05) is 13.2 Å². The summed E-state index contributed by atoms with van der Waals surface area (Å²) in [5.41, 5.74) is 0. The lowest BCUT2D eigenvalue weighted by atomic mass is 9.79. The summed E-state index contributed by atoms with van der Waals surface area (Å²) in [7, 11) is 0. The van der Waals surface area contributed by atoms with Crippen molar-refractivity contribution < 1.29 is 9.47 Å². The Balaban J connectivity index is 1.68. The van der Waals surface area contributed by atoms with Gasteiger partial charge in [0.1, 0.15) is 0 Å². The summed E-state index contributed by atoms with van der Waals surface area (Å²) < 4.78 is 11.9. The van der Waals surface area contributed by atoms with E-state index in [1.165, 1.54) is 51.4 Å².